The van der Waals surface area contributed by atoms with Crippen molar-refractivity contribution >= 4 is 16.0 Å². The molecule has 7 nitrogen and oxygen atoms in total. The van der Waals surface area contributed by atoms with Crippen molar-refractivity contribution in [2.75, 3.05) is 13.2 Å². The fraction of sp³-hybridized carbons (Fsp3) is 1.00. The Morgan fingerprint density at radius 2 is 2.11 bits per heavy atom. The Bertz CT molecular complexity index is 332. The van der Waals surface area contributed by atoms with Crippen molar-refractivity contribution < 1.29 is 45.4 Å². The molecule has 0 bridgehead atoms. The normalized spacial score (nSPS) is 26.9. The van der Waals surface area contributed by atoms with E-state index in [1.165, 1.54) is 6.92 Å². The Morgan fingerprint density at radius 1 is 1.50 bits per heavy atom. The number of rotatable bonds is 4. The minimum absolute atomic E-state index is 0.0642. The first-order valence-corrected chi connectivity index (χ1v) is 7.96. The van der Waals surface area contributed by atoms with Gasteiger partial charge in [0.25, 0.3) is 0 Å². The molecule has 110 valence electrons. The van der Waals surface area contributed by atoms with Gasteiger partial charge in [-0.2, -0.15) is 0 Å². The van der Waals surface area contributed by atoms with E-state index in [2.05, 4.69) is 8.83 Å². The van der Waals surface area contributed by atoms with Crippen LogP contribution in [0.3, 0.4) is 0 Å². The summed E-state index contributed by atoms with van der Waals surface area (Å²) in [6, 6.07) is 0. The Kier molecular flexibility index (Phi) is 5.13. The molecule has 12 heteroatoms. The van der Waals surface area contributed by atoms with Crippen molar-refractivity contribution in [3.05, 3.63) is 0 Å². The standard InChI is InChI=1S/C6H13F3O7P2/c1-5-2-3-13-18(15-5,16-17(10,11)12)14-4-6(7,8)9/h5,18H,2-4H2,1H3,(H2,10,11,12). The quantitative estimate of drug-likeness (QED) is 0.765. The van der Waals surface area contributed by atoms with Gasteiger partial charge in [-0.05, 0) is 0 Å². The molecule has 1 aliphatic heterocycles. The molecule has 1 fully saturated rings. The molecular weight excluding hydrogens is 303 g/mol. The zero-order valence-electron chi connectivity index (χ0n) is 9.22. The van der Waals surface area contributed by atoms with Crippen LogP contribution in [0, 0.1) is 0 Å². The molecule has 2 N–H and O–H groups in total. The third-order valence-electron chi connectivity index (χ3n) is 1.79. The molecule has 1 atom stereocenters. The van der Waals surface area contributed by atoms with Gasteiger partial charge in [-0.3, -0.25) is 0 Å². The van der Waals surface area contributed by atoms with Gasteiger partial charge in [-0.25, -0.2) is 0 Å². The van der Waals surface area contributed by atoms with Gasteiger partial charge >= 0.3 is 100 Å². The van der Waals surface area contributed by atoms with Gasteiger partial charge < -0.3 is 0 Å². The predicted octanol–water partition coefficient (Wildman–Crippen LogP) is 1.91. The monoisotopic (exact) mass is 316 g/mol. The third kappa shape index (κ3) is 5.90. The number of phosphoric acid groups is 1. The molecule has 1 unspecified atom stereocenters. The van der Waals surface area contributed by atoms with Gasteiger partial charge in [-0.15, -0.1) is 0 Å². The molecule has 0 aliphatic carbocycles. The SMILES string of the molecule is CC1CCO[PH](OCC(F)(F)F)(OP(=O)(O)O)O1. The molecule has 0 spiro atoms. The average molecular weight is 316 g/mol. The van der Waals surface area contributed by atoms with Gasteiger partial charge in [0, 0.05) is 0 Å². The maximum absolute atomic E-state index is 12.0. The van der Waals surface area contributed by atoms with Crippen LogP contribution in [0.5, 0.6) is 0 Å². The second-order valence-corrected chi connectivity index (χ2v) is 7.08. The van der Waals surface area contributed by atoms with Crippen molar-refractivity contribution in [3.8, 4) is 0 Å². The summed E-state index contributed by atoms with van der Waals surface area (Å²) >= 11 is 0. The second-order valence-electron chi connectivity index (χ2n) is 3.55. The third-order valence-corrected chi connectivity index (χ3v) is 5.38. The number of alkyl halides is 3. The zero-order chi connectivity index (χ0) is 14.0. The van der Waals surface area contributed by atoms with Crippen LogP contribution in [0.4, 0.5) is 13.2 Å². The summed E-state index contributed by atoms with van der Waals surface area (Å²) in [6.07, 6.45) is -4.91. The molecule has 0 amide bonds. The molecule has 0 saturated carbocycles. The van der Waals surface area contributed by atoms with Gasteiger partial charge in [0.05, 0.1) is 0 Å². The first kappa shape index (κ1) is 16.3. The summed E-state index contributed by atoms with van der Waals surface area (Å²) in [7, 11) is -9.56. The molecule has 1 heterocycles. The number of hydrogen-bond donors (Lipinski definition) is 2. The van der Waals surface area contributed by atoms with Crippen LogP contribution in [-0.4, -0.2) is 35.3 Å². The number of hydrogen-bond acceptors (Lipinski definition) is 5. The molecule has 18 heavy (non-hydrogen) atoms. The Hall–Kier alpha value is 0.210. The minimum atomic E-state index is -5.09. The molecule has 1 aliphatic rings. The molecule has 0 aromatic heterocycles. The molecule has 1 saturated heterocycles. The van der Waals surface area contributed by atoms with Gasteiger partial charge in [0.2, 0.25) is 0 Å². The molecule has 0 radical (unpaired) electrons. The van der Waals surface area contributed by atoms with E-state index in [4.69, 9.17) is 18.8 Å². The van der Waals surface area contributed by atoms with Crippen LogP contribution in [0.2, 0.25) is 0 Å². The average Bonchev–Trinajstić information content (AvgIpc) is 2.11. The molecule has 0 aromatic rings. The fourth-order valence-electron chi connectivity index (χ4n) is 1.16. The Balaban J connectivity index is 2.77. The summed E-state index contributed by atoms with van der Waals surface area (Å²) in [5, 5.41) is 0. The summed E-state index contributed by atoms with van der Waals surface area (Å²) in [5.41, 5.74) is 0. The molecular formula is C6H13F3O7P2. The van der Waals surface area contributed by atoms with Crippen LogP contribution >= 0.6 is 16.0 Å². The van der Waals surface area contributed by atoms with Crippen molar-refractivity contribution in [1.82, 2.24) is 0 Å². The van der Waals surface area contributed by atoms with E-state index in [0.717, 1.165) is 0 Å². The van der Waals surface area contributed by atoms with Crippen molar-refractivity contribution in [3.63, 3.8) is 0 Å². The second kappa shape index (κ2) is 5.68. The first-order chi connectivity index (χ1) is 8.02. The first-order valence-electron chi connectivity index (χ1n) is 4.80. The molecule has 0 aromatic carbocycles. The molecule has 1 rings (SSSR count). The van der Waals surface area contributed by atoms with Gasteiger partial charge in [-0.1, -0.05) is 0 Å². The van der Waals surface area contributed by atoms with Gasteiger partial charge in [0.15, 0.2) is 0 Å². The Labute approximate surface area is 101 Å². The van der Waals surface area contributed by atoms with Crippen molar-refractivity contribution in [2.24, 2.45) is 0 Å². The maximum atomic E-state index is 12.0. The van der Waals surface area contributed by atoms with Crippen molar-refractivity contribution in [1.29, 1.82) is 0 Å². The van der Waals surface area contributed by atoms with Crippen LogP contribution in [0.1, 0.15) is 13.3 Å². The van der Waals surface area contributed by atoms with Crippen LogP contribution < -0.4 is 0 Å². The van der Waals surface area contributed by atoms with Crippen molar-refractivity contribution in [2.45, 2.75) is 25.6 Å². The summed E-state index contributed by atoms with van der Waals surface area (Å²) in [6.45, 7) is -0.332. The summed E-state index contributed by atoms with van der Waals surface area (Å²) in [5.74, 6) is 0. The van der Waals surface area contributed by atoms with Crippen LogP contribution in [0.15, 0.2) is 0 Å². The Morgan fingerprint density at radius 3 is 2.56 bits per heavy atom. The zero-order valence-corrected chi connectivity index (χ0v) is 11.1. The fourth-order valence-corrected chi connectivity index (χ4v) is 4.45. The predicted molar refractivity (Wildman–Crippen MR) is 54.6 cm³/mol. The van der Waals surface area contributed by atoms with E-state index in [-0.39, 0.29) is 6.61 Å². The van der Waals surface area contributed by atoms with E-state index in [9.17, 15) is 17.7 Å². The van der Waals surface area contributed by atoms with E-state index in [1.54, 1.807) is 0 Å². The van der Waals surface area contributed by atoms with E-state index >= 15 is 0 Å². The number of halogens is 3. The van der Waals surface area contributed by atoms with Crippen LogP contribution in [0.25, 0.3) is 0 Å². The van der Waals surface area contributed by atoms with E-state index in [1.807, 2.05) is 0 Å². The van der Waals surface area contributed by atoms with E-state index in [0.29, 0.717) is 6.42 Å². The topological polar surface area (TPSA) is 94.5 Å². The van der Waals surface area contributed by atoms with E-state index < -0.39 is 34.9 Å². The summed E-state index contributed by atoms with van der Waals surface area (Å²) < 4.78 is 65.1. The van der Waals surface area contributed by atoms with Crippen LogP contribution in [-0.2, 0) is 22.4 Å². The van der Waals surface area contributed by atoms with Gasteiger partial charge in [0.1, 0.15) is 0 Å². The summed E-state index contributed by atoms with van der Waals surface area (Å²) in [4.78, 5) is 17.3.